The van der Waals surface area contributed by atoms with E-state index in [9.17, 15) is 0 Å². The molecule has 1 atom stereocenters. The van der Waals surface area contributed by atoms with Gasteiger partial charge in [0.2, 0.25) is 0 Å². The quantitative estimate of drug-likeness (QED) is 0.579. The molecule has 1 heteroatoms. The van der Waals surface area contributed by atoms with E-state index in [1.807, 2.05) is 0 Å². The van der Waals surface area contributed by atoms with Gasteiger partial charge >= 0.3 is 0 Å². The fourth-order valence-corrected chi connectivity index (χ4v) is 0.612. The summed E-state index contributed by atoms with van der Waals surface area (Å²) in [6.07, 6.45) is 0.682. The molecule has 0 spiro atoms. The fourth-order valence-electron chi connectivity index (χ4n) is 0.612. The number of hydrogen-bond donors (Lipinski definition) is 0. The van der Waals surface area contributed by atoms with Crippen molar-refractivity contribution in [2.24, 2.45) is 5.41 Å². The van der Waals surface area contributed by atoms with Crippen molar-refractivity contribution in [1.29, 1.82) is 0 Å². The minimum absolute atomic E-state index is 0.268. The second kappa shape index (κ2) is 3.38. The molecule has 0 aliphatic carbocycles. The van der Waals surface area contributed by atoms with Gasteiger partial charge in [-0.1, -0.05) is 20.8 Å². The van der Waals surface area contributed by atoms with Crippen LogP contribution in [0.25, 0.3) is 0 Å². The summed E-state index contributed by atoms with van der Waals surface area (Å²) >= 11 is 0. The van der Waals surface area contributed by atoms with Gasteiger partial charge in [-0.15, -0.1) is 0 Å². The number of ether oxygens (including phenoxy) is 1. The lowest BCUT2D eigenvalue weighted by atomic mass is 9.90. The van der Waals surface area contributed by atoms with Crippen molar-refractivity contribution in [2.45, 2.75) is 53.8 Å². The van der Waals surface area contributed by atoms with Crippen LogP contribution in [0.15, 0.2) is 0 Å². The standard InChI is InChI=1S/C9H20O/c1-7(2)10-8(3)9(4,5)6/h7-8H,1-6H3/t8-/m1/s1. The second-order valence-electron chi connectivity index (χ2n) is 4.19. The minimum atomic E-state index is 0.268. The first-order valence-electron chi connectivity index (χ1n) is 3.99. The second-order valence-corrected chi connectivity index (χ2v) is 4.19. The summed E-state index contributed by atoms with van der Waals surface area (Å²) in [5.41, 5.74) is 0.268. The molecular formula is C9H20O. The van der Waals surface area contributed by atoms with E-state index in [2.05, 4.69) is 41.5 Å². The molecular weight excluding hydrogens is 124 g/mol. The maximum Gasteiger partial charge on any atom is 0.0598 e. The monoisotopic (exact) mass is 144 g/mol. The van der Waals surface area contributed by atoms with Crippen LogP contribution in [0.5, 0.6) is 0 Å². The molecule has 0 heterocycles. The topological polar surface area (TPSA) is 9.23 Å². The van der Waals surface area contributed by atoms with E-state index in [1.165, 1.54) is 0 Å². The minimum Gasteiger partial charge on any atom is -0.375 e. The molecule has 0 aromatic carbocycles. The predicted molar refractivity (Wildman–Crippen MR) is 45.1 cm³/mol. The van der Waals surface area contributed by atoms with Crippen molar-refractivity contribution >= 4 is 0 Å². The predicted octanol–water partition coefficient (Wildman–Crippen LogP) is 2.85. The van der Waals surface area contributed by atoms with Crippen molar-refractivity contribution in [3.8, 4) is 0 Å². The van der Waals surface area contributed by atoms with Gasteiger partial charge in [0.1, 0.15) is 0 Å². The average molecular weight is 144 g/mol. The van der Waals surface area contributed by atoms with Crippen molar-refractivity contribution < 1.29 is 4.74 Å². The molecule has 0 rings (SSSR count). The maximum absolute atomic E-state index is 5.61. The Hall–Kier alpha value is -0.0400. The van der Waals surface area contributed by atoms with Gasteiger partial charge in [-0.3, -0.25) is 0 Å². The van der Waals surface area contributed by atoms with Gasteiger partial charge in [0.05, 0.1) is 12.2 Å². The van der Waals surface area contributed by atoms with Gasteiger partial charge in [0, 0.05) is 0 Å². The third-order valence-corrected chi connectivity index (χ3v) is 1.70. The Morgan fingerprint density at radius 2 is 1.40 bits per heavy atom. The molecule has 0 saturated heterocycles. The highest BCUT2D eigenvalue weighted by Crippen LogP contribution is 2.22. The molecule has 0 aromatic rings. The molecule has 0 aliphatic rings. The van der Waals surface area contributed by atoms with E-state index in [0.29, 0.717) is 12.2 Å². The lowest BCUT2D eigenvalue weighted by Crippen LogP contribution is -2.28. The first kappa shape index (κ1) is 9.96. The van der Waals surface area contributed by atoms with Crippen molar-refractivity contribution in [2.75, 3.05) is 0 Å². The fraction of sp³-hybridized carbons (Fsp3) is 1.00. The van der Waals surface area contributed by atoms with Crippen molar-refractivity contribution in [3.63, 3.8) is 0 Å². The largest absolute Gasteiger partial charge is 0.375 e. The molecule has 0 bridgehead atoms. The van der Waals surface area contributed by atoms with Crippen LogP contribution < -0.4 is 0 Å². The summed E-state index contributed by atoms with van der Waals surface area (Å²) < 4.78 is 5.61. The van der Waals surface area contributed by atoms with Gasteiger partial charge in [0.15, 0.2) is 0 Å². The molecule has 0 aromatic heterocycles. The highest BCUT2D eigenvalue weighted by atomic mass is 16.5. The van der Waals surface area contributed by atoms with Crippen LogP contribution in [-0.4, -0.2) is 12.2 Å². The zero-order chi connectivity index (χ0) is 8.36. The van der Waals surface area contributed by atoms with Crippen LogP contribution in [0.4, 0.5) is 0 Å². The van der Waals surface area contributed by atoms with Crippen molar-refractivity contribution in [3.05, 3.63) is 0 Å². The van der Waals surface area contributed by atoms with Crippen LogP contribution in [0.1, 0.15) is 41.5 Å². The summed E-state index contributed by atoms with van der Waals surface area (Å²) in [6, 6.07) is 0. The molecule has 0 saturated carbocycles. The molecule has 10 heavy (non-hydrogen) atoms. The third-order valence-electron chi connectivity index (χ3n) is 1.70. The highest BCUT2D eigenvalue weighted by Gasteiger charge is 2.20. The molecule has 1 nitrogen and oxygen atoms in total. The zero-order valence-corrected chi connectivity index (χ0v) is 8.06. The molecule has 0 N–H and O–H groups in total. The van der Waals surface area contributed by atoms with Gasteiger partial charge < -0.3 is 4.74 Å². The molecule has 0 aliphatic heterocycles. The van der Waals surface area contributed by atoms with Crippen LogP contribution in [-0.2, 0) is 4.74 Å². The first-order valence-corrected chi connectivity index (χ1v) is 3.99. The van der Waals surface area contributed by atoms with Gasteiger partial charge in [-0.25, -0.2) is 0 Å². The molecule has 62 valence electrons. The summed E-state index contributed by atoms with van der Waals surface area (Å²) in [5.74, 6) is 0. The Kier molecular flexibility index (Phi) is 3.37. The van der Waals surface area contributed by atoms with E-state index in [0.717, 1.165) is 0 Å². The Morgan fingerprint density at radius 1 is 1.00 bits per heavy atom. The summed E-state index contributed by atoms with van der Waals surface area (Å²) in [6.45, 7) is 12.9. The maximum atomic E-state index is 5.61. The van der Waals surface area contributed by atoms with Crippen LogP contribution in [0.3, 0.4) is 0 Å². The van der Waals surface area contributed by atoms with Gasteiger partial charge in [-0.2, -0.15) is 0 Å². The van der Waals surface area contributed by atoms with Gasteiger partial charge in [-0.05, 0) is 26.2 Å². The normalized spacial score (nSPS) is 15.9. The zero-order valence-electron chi connectivity index (χ0n) is 8.06. The smallest absolute Gasteiger partial charge is 0.0598 e. The third kappa shape index (κ3) is 3.89. The summed E-state index contributed by atoms with van der Waals surface area (Å²) in [4.78, 5) is 0. The SMILES string of the molecule is CC(C)O[C@H](C)C(C)(C)C. The molecule has 0 unspecified atom stereocenters. The highest BCUT2D eigenvalue weighted by molar-refractivity contribution is 4.70. The van der Waals surface area contributed by atoms with Gasteiger partial charge in [0.25, 0.3) is 0 Å². The summed E-state index contributed by atoms with van der Waals surface area (Å²) in [7, 11) is 0. The summed E-state index contributed by atoms with van der Waals surface area (Å²) in [5, 5.41) is 0. The van der Waals surface area contributed by atoms with E-state index >= 15 is 0 Å². The molecule has 0 fully saturated rings. The van der Waals surface area contributed by atoms with E-state index in [4.69, 9.17) is 4.74 Å². The van der Waals surface area contributed by atoms with Crippen LogP contribution in [0, 0.1) is 5.41 Å². The van der Waals surface area contributed by atoms with E-state index in [-0.39, 0.29) is 5.41 Å². The Morgan fingerprint density at radius 3 is 1.50 bits per heavy atom. The first-order chi connectivity index (χ1) is 4.34. The van der Waals surface area contributed by atoms with Crippen LogP contribution >= 0.6 is 0 Å². The van der Waals surface area contributed by atoms with E-state index in [1.54, 1.807) is 0 Å². The molecule has 0 radical (unpaired) electrons. The Labute approximate surface area is 64.8 Å². The number of rotatable bonds is 2. The van der Waals surface area contributed by atoms with Crippen LogP contribution in [0.2, 0.25) is 0 Å². The number of hydrogen-bond acceptors (Lipinski definition) is 1. The molecule has 0 amide bonds. The lowest BCUT2D eigenvalue weighted by Gasteiger charge is -2.28. The Balaban J connectivity index is 3.73. The van der Waals surface area contributed by atoms with Crippen molar-refractivity contribution in [1.82, 2.24) is 0 Å². The average Bonchev–Trinajstić information content (AvgIpc) is 1.60. The lowest BCUT2D eigenvalue weighted by molar-refractivity contribution is -0.0400. The Bertz CT molecular complexity index is 89.4. The van der Waals surface area contributed by atoms with E-state index < -0.39 is 0 Å².